The van der Waals surface area contributed by atoms with Crippen LogP contribution in [0.1, 0.15) is 42.0 Å². The molecule has 1 amide bonds. The van der Waals surface area contributed by atoms with Crippen LogP contribution in [0.15, 0.2) is 0 Å². The maximum absolute atomic E-state index is 12.5. The largest absolute Gasteiger partial charge is 0.461 e. The number of hydrogen-bond acceptors (Lipinski definition) is 6. The van der Waals surface area contributed by atoms with Gasteiger partial charge in [0.25, 0.3) is 0 Å². The van der Waals surface area contributed by atoms with Crippen molar-refractivity contribution >= 4 is 23.6 Å². The molecule has 0 aliphatic carbocycles. The van der Waals surface area contributed by atoms with E-state index in [1.807, 2.05) is 4.90 Å². The summed E-state index contributed by atoms with van der Waals surface area (Å²) in [4.78, 5) is 26.2. The van der Waals surface area contributed by atoms with Crippen LogP contribution in [0.4, 0.5) is 0 Å². The highest BCUT2D eigenvalue weighted by Gasteiger charge is 2.39. The van der Waals surface area contributed by atoms with Crippen LogP contribution in [-0.2, 0) is 9.53 Å². The van der Waals surface area contributed by atoms with Crippen molar-refractivity contribution in [3.8, 4) is 0 Å². The number of hydrogen-bond donors (Lipinski definition) is 1. The van der Waals surface area contributed by atoms with Crippen molar-refractivity contribution in [1.82, 2.24) is 20.3 Å². The van der Waals surface area contributed by atoms with Gasteiger partial charge in [-0.1, -0.05) is 0 Å². The monoisotopic (exact) mass is 310 g/mol. The number of ether oxygens (including phenoxy) is 1. The average Bonchev–Trinajstić information content (AvgIpc) is 3.05. The second-order valence-corrected chi connectivity index (χ2v) is 6.28. The molecule has 0 radical (unpaired) electrons. The number of nitrogens with zero attached hydrogens (tertiary/aromatic N) is 3. The zero-order valence-corrected chi connectivity index (χ0v) is 12.7. The van der Waals surface area contributed by atoms with Crippen LogP contribution in [0.3, 0.4) is 0 Å². The molecular formula is C13H18N4O3S. The molecule has 0 aromatic carbocycles. The Balaban J connectivity index is 1.80. The first-order valence-electron chi connectivity index (χ1n) is 7.18. The van der Waals surface area contributed by atoms with Crippen molar-refractivity contribution in [1.29, 1.82) is 0 Å². The quantitative estimate of drug-likeness (QED) is 0.835. The van der Waals surface area contributed by atoms with E-state index < -0.39 is 5.97 Å². The minimum absolute atomic E-state index is 0.119. The van der Waals surface area contributed by atoms with Gasteiger partial charge in [0.1, 0.15) is 5.69 Å². The van der Waals surface area contributed by atoms with Gasteiger partial charge < -0.3 is 9.64 Å². The molecule has 2 aliphatic rings. The molecule has 3 heterocycles. The number of nitrogens with one attached hydrogen (secondary N) is 1. The molecule has 1 unspecified atom stereocenters. The molecule has 1 aromatic rings. The van der Waals surface area contributed by atoms with Crippen LogP contribution in [-0.4, -0.2) is 56.8 Å². The summed E-state index contributed by atoms with van der Waals surface area (Å²) in [6, 6.07) is -0.166. The molecular weight excluding hydrogens is 292 g/mol. The third-order valence-electron chi connectivity index (χ3n) is 3.88. The summed E-state index contributed by atoms with van der Waals surface area (Å²) in [5, 5.41) is 10.5. The first-order chi connectivity index (χ1) is 10.2. The number of thioether (sulfide) groups is 1. The summed E-state index contributed by atoms with van der Waals surface area (Å²) in [6.45, 7) is 2.76. The molecule has 2 fully saturated rings. The van der Waals surface area contributed by atoms with E-state index >= 15 is 0 Å². The highest BCUT2D eigenvalue weighted by Crippen LogP contribution is 2.36. The van der Waals surface area contributed by atoms with Crippen LogP contribution in [0.5, 0.6) is 0 Å². The fourth-order valence-corrected chi connectivity index (χ4v) is 3.51. The Bertz CT molecular complexity index is 543. The summed E-state index contributed by atoms with van der Waals surface area (Å²) in [6.07, 6.45) is 1.73. The maximum atomic E-state index is 12.5. The minimum Gasteiger partial charge on any atom is -0.461 e. The SMILES string of the molecule is CCOC(=O)c1n[nH]nc1C1CCCN1C(=O)C1CSC1. The van der Waals surface area contributed by atoms with E-state index in [0.717, 1.165) is 30.9 Å². The number of likely N-dealkylation sites (tertiary alicyclic amines) is 1. The van der Waals surface area contributed by atoms with E-state index in [1.54, 1.807) is 18.7 Å². The molecule has 0 bridgehead atoms. The first-order valence-corrected chi connectivity index (χ1v) is 8.33. The molecule has 114 valence electrons. The van der Waals surface area contributed by atoms with Crippen molar-refractivity contribution < 1.29 is 14.3 Å². The van der Waals surface area contributed by atoms with Crippen LogP contribution in [0.25, 0.3) is 0 Å². The third-order valence-corrected chi connectivity index (χ3v) is 5.16. The van der Waals surface area contributed by atoms with Gasteiger partial charge in [-0.05, 0) is 19.8 Å². The Morgan fingerprint density at radius 2 is 2.24 bits per heavy atom. The van der Waals surface area contributed by atoms with E-state index in [9.17, 15) is 9.59 Å². The van der Waals surface area contributed by atoms with Gasteiger partial charge >= 0.3 is 5.97 Å². The summed E-state index contributed by atoms with van der Waals surface area (Å²) >= 11 is 1.79. The van der Waals surface area contributed by atoms with Gasteiger partial charge in [-0.2, -0.15) is 22.1 Å². The maximum Gasteiger partial charge on any atom is 0.360 e. The van der Waals surface area contributed by atoms with Crippen molar-refractivity contribution in [2.24, 2.45) is 5.92 Å². The lowest BCUT2D eigenvalue weighted by Gasteiger charge is -2.31. The molecule has 21 heavy (non-hydrogen) atoms. The second-order valence-electron chi connectivity index (χ2n) is 5.20. The van der Waals surface area contributed by atoms with Gasteiger partial charge in [0.05, 0.1) is 18.6 Å². The number of aromatic nitrogens is 3. The molecule has 2 aliphatic heterocycles. The molecule has 0 saturated carbocycles. The Kier molecular flexibility index (Phi) is 4.14. The Hall–Kier alpha value is -1.57. The van der Waals surface area contributed by atoms with Gasteiger partial charge in [0.15, 0.2) is 5.69 Å². The van der Waals surface area contributed by atoms with Gasteiger partial charge in [0.2, 0.25) is 5.91 Å². The normalized spacial score (nSPS) is 22.1. The Morgan fingerprint density at radius 3 is 2.90 bits per heavy atom. The predicted molar refractivity (Wildman–Crippen MR) is 76.8 cm³/mol. The molecule has 8 heteroatoms. The molecule has 1 N–H and O–H groups in total. The van der Waals surface area contributed by atoms with E-state index in [4.69, 9.17) is 4.74 Å². The molecule has 7 nitrogen and oxygen atoms in total. The van der Waals surface area contributed by atoms with E-state index in [1.165, 1.54) is 0 Å². The smallest absolute Gasteiger partial charge is 0.360 e. The van der Waals surface area contributed by atoms with E-state index in [-0.39, 0.29) is 30.2 Å². The first kappa shape index (κ1) is 14.4. The molecule has 3 rings (SSSR count). The Labute approximate surface area is 126 Å². The lowest BCUT2D eigenvalue weighted by Crippen LogP contribution is -2.41. The van der Waals surface area contributed by atoms with Crippen LogP contribution >= 0.6 is 11.8 Å². The Morgan fingerprint density at radius 1 is 1.43 bits per heavy atom. The van der Waals surface area contributed by atoms with E-state index in [2.05, 4.69) is 15.4 Å². The number of rotatable bonds is 4. The highest BCUT2D eigenvalue weighted by molar-refractivity contribution is 8.00. The zero-order valence-electron chi connectivity index (χ0n) is 11.9. The van der Waals surface area contributed by atoms with Crippen LogP contribution < -0.4 is 0 Å². The lowest BCUT2D eigenvalue weighted by atomic mass is 10.1. The van der Waals surface area contributed by atoms with Gasteiger partial charge in [0, 0.05) is 18.1 Å². The molecule has 0 spiro atoms. The number of carbonyl (C=O) groups excluding carboxylic acids is 2. The zero-order chi connectivity index (χ0) is 14.8. The fraction of sp³-hybridized carbons (Fsp3) is 0.692. The summed E-state index contributed by atoms with van der Waals surface area (Å²) in [7, 11) is 0. The highest BCUT2D eigenvalue weighted by atomic mass is 32.2. The number of aromatic amines is 1. The summed E-state index contributed by atoms with van der Waals surface area (Å²) in [5.41, 5.74) is 0.732. The van der Waals surface area contributed by atoms with Crippen molar-refractivity contribution in [3.05, 3.63) is 11.4 Å². The van der Waals surface area contributed by atoms with Gasteiger partial charge in [-0.3, -0.25) is 4.79 Å². The van der Waals surface area contributed by atoms with Crippen molar-refractivity contribution in [2.75, 3.05) is 24.7 Å². The van der Waals surface area contributed by atoms with Crippen LogP contribution in [0, 0.1) is 5.92 Å². The number of amides is 1. The van der Waals surface area contributed by atoms with Crippen LogP contribution in [0.2, 0.25) is 0 Å². The standard InChI is InChI=1S/C13H18N4O3S/c1-2-20-13(19)11-10(14-16-15-11)9-4-3-5-17(9)12(18)8-6-21-7-8/h8-9H,2-7H2,1H3,(H,14,15,16). The van der Waals surface area contributed by atoms with Gasteiger partial charge in [-0.25, -0.2) is 4.79 Å². The number of carbonyl (C=O) groups is 2. The number of H-pyrrole nitrogens is 1. The molecule has 1 aromatic heterocycles. The fourth-order valence-electron chi connectivity index (χ4n) is 2.75. The topological polar surface area (TPSA) is 88.2 Å². The average molecular weight is 310 g/mol. The predicted octanol–water partition coefficient (Wildman–Crippen LogP) is 1.01. The second kappa shape index (κ2) is 6.05. The molecule has 1 atom stereocenters. The van der Waals surface area contributed by atoms with Crippen molar-refractivity contribution in [2.45, 2.75) is 25.8 Å². The summed E-state index contributed by atoms with van der Waals surface area (Å²) in [5.74, 6) is 1.60. The third kappa shape index (κ3) is 2.64. The van der Waals surface area contributed by atoms with E-state index in [0.29, 0.717) is 5.69 Å². The lowest BCUT2D eigenvalue weighted by molar-refractivity contribution is -0.135. The number of esters is 1. The minimum atomic E-state index is -0.486. The molecule has 2 saturated heterocycles. The summed E-state index contributed by atoms with van der Waals surface area (Å²) < 4.78 is 4.99. The van der Waals surface area contributed by atoms with Gasteiger partial charge in [-0.15, -0.1) is 5.10 Å². The van der Waals surface area contributed by atoms with Crippen molar-refractivity contribution in [3.63, 3.8) is 0 Å².